The molecule has 0 fully saturated rings. The lowest BCUT2D eigenvalue weighted by atomic mass is 10.00. The number of nitrogens with zero attached hydrogens (tertiary/aromatic N) is 1. The molecule has 3 heteroatoms. The molecule has 1 aliphatic rings. The number of carbonyl (C=O) groups is 1. The van der Waals surface area contributed by atoms with Crippen LogP contribution in [0.2, 0.25) is 0 Å². The maximum Gasteiger partial charge on any atom is 0.231 e. The minimum atomic E-state index is -0.0236. The Hall–Kier alpha value is -1.40. The van der Waals surface area contributed by atoms with E-state index in [4.69, 9.17) is 6.42 Å². The van der Waals surface area contributed by atoms with Gasteiger partial charge in [-0.15, -0.1) is 18.2 Å². The number of thioether (sulfide) groups is 1. The summed E-state index contributed by atoms with van der Waals surface area (Å²) >= 11 is 1.75. The smallest absolute Gasteiger partial charge is 0.231 e. The lowest BCUT2D eigenvalue weighted by Crippen LogP contribution is -2.35. The van der Waals surface area contributed by atoms with Crippen LogP contribution in [0, 0.1) is 12.3 Å². The van der Waals surface area contributed by atoms with E-state index in [1.165, 1.54) is 4.90 Å². The predicted octanol–water partition coefficient (Wildman–Crippen LogP) is 2.36. The van der Waals surface area contributed by atoms with Crippen molar-refractivity contribution in [3.05, 3.63) is 29.8 Å². The van der Waals surface area contributed by atoms with E-state index in [0.29, 0.717) is 13.1 Å². The Morgan fingerprint density at radius 3 is 3.06 bits per heavy atom. The topological polar surface area (TPSA) is 20.3 Å². The SMILES string of the molecule is C#CCN(CC)C(=O)C1CSc2ccccc21. The van der Waals surface area contributed by atoms with Gasteiger partial charge in [0.1, 0.15) is 0 Å². The first-order valence-corrected chi connectivity index (χ1v) is 6.70. The third kappa shape index (κ3) is 2.32. The fourth-order valence-electron chi connectivity index (χ4n) is 2.04. The number of likely N-dealkylation sites (N-methyl/N-ethyl adjacent to an activating group) is 1. The van der Waals surface area contributed by atoms with Crippen molar-refractivity contribution in [2.24, 2.45) is 0 Å². The highest BCUT2D eigenvalue weighted by molar-refractivity contribution is 7.99. The molecule has 2 nitrogen and oxygen atoms in total. The average Bonchev–Trinajstić information content (AvgIpc) is 2.79. The molecule has 1 aromatic rings. The second-order valence-corrected chi connectivity index (χ2v) is 5.02. The monoisotopic (exact) mass is 245 g/mol. The minimum Gasteiger partial charge on any atom is -0.331 e. The largest absolute Gasteiger partial charge is 0.331 e. The van der Waals surface area contributed by atoms with Crippen LogP contribution in [0.4, 0.5) is 0 Å². The van der Waals surface area contributed by atoms with Gasteiger partial charge in [0.05, 0.1) is 12.5 Å². The molecular formula is C14H15NOS. The summed E-state index contributed by atoms with van der Waals surface area (Å²) in [5, 5.41) is 0. The van der Waals surface area contributed by atoms with Crippen molar-refractivity contribution in [2.45, 2.75) is 17.7 Å². The number of hydrogen-bond acceptors (Lipinski definition) is 2. The Bertz CT molecular complexity index is 464. The van der Waals surface area contributed by atoms with Crippen LogP contribution >= 0.6 is 11.8 Å². The zero-order valence-electron chi connectivity index (χ0n) is 9.85. The van der Waals surface area contributed by atoms with Crippen molar-refractivity contribution in [1.29, 1.82) is 0 Å². The summed E-state index contributed by atoms with van der Waals surface area (Å²) in [6.45, 7) is 3.04. The zero-order valence-corrected chi connectivity index (χ0v) is 10.7. The molecule has 1 amide bonds. The molecule has 1 aromatic carbocycles. The number of carbonyl (C=O) groups excluding carboxylic acids is 1. The van der Waals surface area contributed by atoms with Gasteiger partial charge in [0.2, 0.25) is 5.91 Å². The van der Waals surface area contributed by atoms with Crippen molar-refractivity contribution in [1.82, 2.24) is 4.90 Å². The molecule has 0 saturated heterocycles. The van der Waals surface area contributed by atoms with E-state index in [1.807, 2.05) is 25.1 Å². The summed E-state index contributed by atoms with van der Waals surface area (Å²) in [5.41, 5.74) is 1.15. The van der Waals surface area contributed by atoms with E-state index in [0.717, 1.165) is 11.3 Å². The van der Waals surface area contributed by atoms with Crippen molar-refractivity contribution in [2.75, 3.05) is 18.8 Å². The van der Waals surface area contributed by atoms with Gasteiger partial charge in [0.25, 0.3) is 0 Å². The molecule has 0 bridgehead atoms. The van der Waals surface area contributed by atoms with E-state index in [-0.39, 0.29) is 11.8 Å². The highest BCUT2D eigenvalue weighted by Crippen LogP contribution is 2.40. The molecule has 1 atom stereocenters. The lowest BCUT2D eigenvalue weighted by molar-refractivity contribution is -0.131. The molecule has 17 heavy (non-hydrogen) atoms. The van der Waals surface area contributed by atoms with Gasteiger partial charge in [-0.25, -0.2) is 0 Å². The number of benzene rings is 1. The van der Waals surface area contributed by atoms with Crippen molar-refractivity contribution in [3.8, 4) is 12.3 Å². The van der Waals surface area contributed by atoms with E-state index < -0.39 is 0 Å². The quantitative estimate of drug-likeness (QED) is 0.762. The van der Waals surface area contributed by atoms with Gasteiger partial charge < -0.3 is 4.90 Å². The number of hydrogen-bond donors (Lipinski definition) is 0. The van der Waals surface area contributed by atoms with E-state index in [9.17, 15) is 4.79 Å². The summed E-state index contributed by atoms with van der Waals surface area (Å²) in [5.74, 6) is 3.51. The molecule has 88 valence electrons. The summed E-state index contributed by atoms with van der Waals surface area (Å²) in [6, 6.07) is 8.12. The van der Waals surface area contributed by atoms with Gasteiger partial charge in [-0.3, -0.25) is 4.79 Å². The molecule has 2 rings (SSSR count). The summed E-state index contributed by atoms with van der Waals surface area (Å²) in [7, 11) is 0. The summed E-state index contributed by atoms with van der Waals surface area (Å²) in [6.07, 6.45) is 5.29. The van der Waals surface area contributed by atoms with E-state index in [2.05, 4.69) is 12.0 Å². The molecule has 0 aliphatic carbocycles. The van der Waals surface area contributed by atoms with Crippen molar-refractivity contribution in [3.63, 3.8) is 0 Å². The van der Waals surface area contributed by atoms with Crippen LogP contribution in [-0.4, -0.2) is 29.6 Å². The Morgan fingerprint density at radius 2 is 2.35 bits per heavy atom. The van der Waals surface area contributed by atoms with Gasteiger partial charge in [0, 0.05) is 17.2 Å². The fraction of sp³-hybridized carbons (Fsp3) is 0.357. The van der Waals surface area contributed by atoms with Gasteiger partial charge in [-0.1, -0.05) is 24.1 Å². The highest BCUT2D eigenvalue weighted by Gasteiger charge is 2.31. The highest BCUT2D eigenvalue weighted by atomic mass is 32.2. The van der Waals surface area contributed by atoms with Crippen LogP contribution in [0.15, 0.2) is 29.2 Å². The first kappa shape index (κ1) is 12.1. The van der Waals surface area contributed by atoms with Gasteiger partial charge in [-0.05, 0) is 18.6 Å². The standard InChI is InChI=1S/C14H15NOS/c1-3-9-15(4-2)14(16)12-10-17-13-8-6-5-7-11(12)13/h1,5-8,12H,4,9-10H2,2H3. The zero-order chi connectivity index (χ0) is 12.3. The molecule has 0 saturated carbocycles. The molecule has 1 unspecified atom stereocenters. The minimum absolute atomic E-state index is 0.0236. The van der Waals surface area contributed by atoms with E-state index >= 15 is 0 Å². The molecule has 0 spiro atoms. The normalized spacial score (nSPS) is 17.3. The maximum atomic E-state index is 12.3. The first-order valence-electron chi connectivity index (χ1n) is 5.72. The predicted molar refractivity (Wildman–Crippen MR) is 71.0 cm³/mol. The lowest BCUT2D eigenvalue weighted by Gasteiger charge is -2.22. The van der Waals surface area contributed by atoms with Crippen molar-refractivity contribution >= 4 is 17.7 Å². The molecule has 1 heterocycles. The molecule has 0 N–H and O–H groups in total. The van der Waals surface area contributed by atoms with Crippen LogP contribution in [0.25, 0.3) is 0 Å². The van der Waals surface area contributed by atoms with Crippen LogP contribution < -0.4 is 0 Å². The van der Waals surface area contributed by atoms with Crippen molar-refractivity contribution < 1.29 is 4.79 Å². The fourth-order valence-corrected chi connectivity index (χ4v) is 3.26. The molecule has 1 aliphatic heterocycles. The average molecular weight is 245 g/mol. The Labute approximate surface area is 106 Å². The molecule has 0 radical (unpaired) electrons. The Balaban J connectivity index is 2.20. The molecule has 0 aromatic heterocycles. The summed E-state index contributed by atoms with van der Waals surface area (Å²) in [4.78, 5) is 15.3. The van der Waals surface area contributed by atoms with Gasteiger partial charge >= 0.3 is 0 Å². The van der Waals surface area contributed by atoms with Crippen LogP contribution in [0.1, 0.15) is 18.4 Å². The second-order valence-electron chi connectivity index (χ2n) is 3.96. The third-order valence-electron chi connectivity index (χ3n) is 2.97. The number of rotatable bonds is 3. The van der Waals surface area contributed by atoms with Crippen LogP contribution in [0.5, 0.6) is 0 Å². The number of fused-ring (bicyclic) bond motifs is 1. The van der Waals surface area contributed by atoms with E-state index in [1.54, 1.807) is 16.7 Å². The molecular weight excluding hydrogens is 230 g/mol. The Kier molecular flexibility index (Phi) is 3.75. The number of amides is 1. The third-order valence-corrected chi connectivity index (χ3v) is 4.16. The van der Waals surface area contributed by atoms with Gasteiger partial charge in [-0.2, -0.15) is 0 Å². The maximum absolute atomic E-state index is 12.3. The second kappa shape index (κ2) is 5.29. The first-order chi connectivity index (χ1) is 8.27. The van der Waals surface area contributed by atoms with Gasteiger partial charge in [0.15, 0.2) is 0 Å². The van der Waals surface area contributed by atoms with Crippen LogP contribution in [0.3, 0.4) is 0 Å². The summed E-state index contributed by atoms with van der Waals surface area (Å²) < 4.78 is 0. The van der Waals surface area contributed by atoms with Crippen LogP contribution in [-0.2, 0) is 4.79 Å². The Morgan fingerprint density at radius 1 is 1.59 bits per heavy atom. The number of terminal acetylenes is 1.